The molecule has 6 nitrogen and oxygen atoms in total. The highest BCUT2D eigenvalue weighted by Gasteiger charge is 2.66. The first kappa shape index (κ1) is 24.5. The van der Waals surface area contributed by atoms with E-state index in [0.717, 1.165) is 19.3 Å². The van der Waals surface area contributed by atoms with E-state index in [1.165, 1.54) is 37.0 Å². The average molecular weight is 410 g/mol. The topological polar surface area (TPSA) is 72.7 Å². The molecule has 0 aliphatic carbocycles. The Hall–Kier alpha value is -1.54. The number of piperidine rings is 1. The van der Waals surface area contributed by atoms with Gasteiger partial charge in [0.2, 0.25) is 0 Å². The second kappa shape index (κ2) is 11.5. The molecular formula is C19H33F3N2O4. The van der Waals surface area contributed by atoms with Crippen LogP contribution in [0.15, 0.2) is 0 Å². The minimum Gasteiger partial charge on any atom is -0.449 e. The maximum atomic E-state index is 13.2. The van der Waals surface area contributed by atoms with Gasteiger partial charge in [0.25, 0.3) is 0 Å². The fourth-order valence-electron chi connectivity index (χ4n) is 3.59. The number of unbranched alkanes of at least 4 members (excludes halogenated alkanes) is 7. The van der Waals surface area contributed by atoms with Crippen molar-refractivity contribution in [3.63, 3.8) is 0 Å². The Kier molecular flexibility index (Phi) is 10.0. The summed E-state index contributed by atoms with van der Waals surface area (Å²) in [5.41, 5.74) is -2.99. The van der Waals surface area contributed by atoms with E-state index in [0.29, 0.717) is 13.5 Å². The molecule has 0 bridgehead atoms. The third-order valence-electron chi connectivity index (χ3n) is 5.72. The van der Waals surface area contributed by atoms with Gasteiger partial charge in [-0.2, -0.15) is 13.2 Å². The maximum absolute atomic E-state index is 13.2. The van der Waals surface area contributed by atoms with Crippen molar-refractivity contribution in [2.24, 2.45) is 5.92 Å². The van der Waals surface area contributed by atoms with Gasteiger partial charge in [-0.25, -0.2) is 4.79 Å². The van der Waals surface area contributed by atoms with Gasteiger partial charge in [0.1, 0.15) is 0 Å². The Morgan fingerprint density at radius 2 is 1.57 bits per heavy atom. The van der Waals surface area contributed by atoms with E-state index < -0.39 is 28.6 Å². The number of nitro groups is 1. The van der Waals surface area contributed by atoms with E-state index in [1.807, 2.05) is 0 Å². The molecule has 1 unspecified atom stereocenters. The predicted octanol–water partition coefficient (Wildman–Crippen LogP) is 5.57. The molecule has 9 heteroatoms. The van der Waals surface area contributed by atoms with Crippen LogP contribution in [0.5, 0.6) is 0 Å². The maximum Gasteiger partial charge on any atom is 0.460 e. The quantitative estimate of drug-likeness (QED) is 0.253. The summed E-state index contributed by atoms with van der Waals surface area (Å²) in [6, 6.07) is 0. The Labute approximate surface area is 164 Å². The number of likely N-dealkylation sites (tertiary alicyclic amines) is 1. The van der Waals surface area contributed by atoms with Crippen LogP contribution >= 0.6 is 0 Å². The molecule has 0 spiro atoms. The zero-order valence-corrected chi connectivity index (χ0v) is 16.9. The van der Waals surface area contributed by atoms with Gasteiger partial charge in [0.05, 0.1) is 6.61 Å². The first-order chi connectivity index (χ1) is 13.1. The van der Waals surface area contributed by atoms with Crippen LogP contribution < -0.4 is 0 Å². The molecular weight excluding hydrogens is 377 g/mol. The Balaban J connectivity index is 2.28. The van der Waals surface area contributed by atoms with Crippen molar-refractivity contribution >= 4 is 6.09 Å². The highest BCUT2D eigenvalue weighted by molar-refractivity contribution is 5.67. The number of hydrogen-bond donors (Lipinski definition) is 0. The minimum absolute atomic E-state index is 0.0421. The lowest BCUT2D eigenvalue weighted by Gasteiger charge is -2.37. The van der Waals surface area contributed by atoms with Gasteiger partial charge in [-0.15, -0.1) is 0 Å². The van der Waals surface area contributed by atoms with Crippen LogP contribution in [0.2, 0.25) is 0 Å². The number of carbonyl (C=O) groups excluding carboxylic acids is 1. The summed E-state index contributed by atoms with van der Waals surface area (Å²) in [4.78, 5) is 23.2. The first-order valence-electron chi connectivity index (χ1n) is 10.3. The van der Waals surface area contributed by atoms with Crippen molar-refractivity contribution < 1.29 is 27.6 Å². The molecule has 28 heavy (non-hydrogen) atoms. The lowest BCUT2D eigenvalue weighted by molar-refractivity contribution is -0.620. The minimum atomic E-state index is -4.93. The molecule has 1 saturated heterocycles. The smallest absolute Gasteiger partial charge is 0.449 e. The van der Waals surface area contributed by atoms with E-state index in [1.54, 1.807) is 0 Å². The molecule has 1 rings (SSSR count). The van der Waals surface area contributed by atoms with Crippen LogP contribution in [-0.2, 0) is 4.74 Å². The molecule has 0 aromatic rings. The molecule has 0 N–H and O–H groups in total. The average Bonchev–Trinajstić information content (AvgIpc) is 2.65. The highest BCUT2D eigenvalue weighted by atomic mass is 19.4. The van der Waals surface area contributed by atoms with Crippen LogP contribution in [-0.4, -0.2) is 47.3 Å². The standard InChI is InChI=1S/C19H33F3N2O4/c1-3-4-5-6-7-8-9-10-15-28-17(25)23-13-11-16(12-14-23)18(2,24(26)27)19(20,21)22/h16H,3-15H2,1-2H3. The SMILES string of the molecule is CCCCCCCCCCOC(=O)N1CCC(C(C)([N+](=O)[O-])C(F)(F)F)CC1. The lowest BCUT2D eigenvalue weighted by atomic mass is 9.79. The van der Waals surface area contributed by atoms with E-state index in [2.05, 4.69) is 6.92 Å². The third kappa shape index (κ3) is 6.81. The molecule has 0 aromatic heterocycles. The molecule has 0 radical (unpaired) electrons. The second-order valence-corrected chi connectivity index (χ2v) is 7.75. The van der Waals surface area contributed by atoms with Gasteiger partial charge in [-0.1, -0.05) is 51.9 Å². The highest BCUT2D eigenvalue weighted by Crippen LogP contribution is 2.42. The molecule has 1 fully saturated rings. The fourth-order valence-corrected chi connectivity index (χ4v) is 3.59. The van der Waals surface area contributed by atoms with Gasteiger partial charge in [-0.05, 0) is 19.3 Å². The summed E-state index contributed by atoms with van der Waals surface area (Å²) in [5.74, 6) is -1.15. The number of rotatable bonds is 11. The Bertz CT molecular complexity index is 494. The van der Waals surface area contributed by atoms with E-state index in [4.69, 9.17) is 4.74 Å². The van der Waals surface area contributed by atoms with E-state index in [9.17, 15) is 28.1 Å². The zero-order chi connectivity index (χ0) is 21.2. The van der Waals surface area contributed by atoms with Crippen molar-refractivity contribution in [2.45, 2.75) is 89.8 Å². The van der Waals surface area contributed by atoms with Crippen molar-refractivity contribution in [1.29, 1.82) is 0 Å². The predicted molar refractivity (Wildman–Crippen MR) is 99.7 cm³/mol. The van der Waals surface area contributed by atoms with Gasteiger partial charge in [0.15, 0.2) is 0 Å². The van der Waals surface area contributed by atoms with E-state index >= 15 is 0 Å². The van der Waals surface area contributed by atoms with Crippen molar-refractivity contribution in [3.8, 4) is 0 Å². The summed E-state index contributed by atoms with van der Waals surface area (Å²) in [7, 11) is 0. The van der Waals surface area contributed by atoms with Crippen LogP contribution in [0.3, 0.4) is 0 Å². The van der Waals surface area contributed by atoms with Crippen LogP contribution in [0, 0.1) is 16.0 Å². The summed E-state index contributed by atoms with van der Waals surface area (Å²) in [5, 5.41) is 11.1. The van der Waals surface area contributed by atoms with Crippen LogP contribution in [0.1, 0.15) is 78.1 Å². The zero-order valence-electron chi connectivity index (χ0n) is 16.9. The number of ether oxygens (including phenoxy) is 1. The number of amides is 1. The van der Waals surface area contributed by atoms with Gasteiger partial charge in [-0.3, -0.25) is 10.1 Å². The van der Waals surface area contributed by atoms with Gasteiger partial charge in [0, 0.05) is 30.9 Å². The second-order valence-electron chi connectivity index (χ2n) is 7.75. The third-order valence-corrected chi connectivity index (χ3v) is 5.72. The first-order valence-corrected chi connectivity index (χ1v) is 10.3. The fraction of sp³-hybridized carbons (Fsp3) is 0.947. The summed E-state index contributed by atoms with van der Waals surface area (Å²) in [6.07, 6.45) is 3.38. The molecule has 0 saturated carbocycles. The van der Waals surface area contributed by atoms with E-state index in [-0.39, 0.29) is 25.9 Å². The summed E-state index contributed by atoms with van der Waals surface area (Å²) >= 11 is 0. The lowest BCUT2D eigenvalue weighted by Crippen LogP contribution is -2.57. The van der Waals surface area contributed by atoms with Gasteiger partial charge >= 0.3 is 17.8 Å². The molecule has 1 aliphatic heterocycles. The summed E-state index contributed by atoms with van der Waals surface area (Å²) < 4.78 is 44.8. The number of hydrogen-bond acceptors (Lipinski definition) is 4. The molecule has 0 aromatic carbocycles. The monoisotopic (exact) mass is 410 g/mol. The van der Waals surface area contributed by atoms with Crippen LogP contribution in [0.25, 0.3) is 0 Å². The summed E-state index contributed by atoms with van der Waals surface area (Å²) in [6.45, 7) is 3.19. The molecule has 1 atom stereocenters. The molecule has 1 amide bonds. The van der Waals surface area contributed by atoms with Crippen molar-refractivity contribution in [2.75, 3.05) is 19.7 Å². The normalized spacial score (nSPS) is 18.0. The number of alkyl halides is 3. The van der Waals surface area contributed by atoms with Crippen molar-refractivity contribution in [3.05, 3.63) is 10.1 Å². The molecule has 1 aliphatic rings. The molecule has 164 valence electrons. The van der Waals surface area contributed by atoms with Crippen molar-refractivity contribution in [1.82, 2.24) is 4.90 Å². The Morgan fingerprint density at radius 1 is 1.07 bits per heavy atom. The number of halogens is 3. The van der Waals surface area contributed by atoms with Gasteiger partial charge < -0.3 is 9.64 Å². The Morgan fingerprint density at radius 3 is 2.04 bits per heavy atom. The molecule has 1 heterocycles. The largest absolute Gasteiger partial charge is 0.460 e. The van der Waals surface area contributed by atoms with Crippen LogP contribution in [0.4, 0.5) is 18.0 Å². The number of carbonyl (C=O) groups is 1. The number of nitrogens with zero attached hydrogens (tertiary/aromatic N) is 2.